The first kappa shape index (κ1) is 19.0. The number of carbonyl (C=O) groups excluding carboxylic acids is 1. The van der Waals surface area contributed by atoms with E-state index in [1.807, 2.05) is 24.3 Å². The fraction of sp³-hybridized carbons (Fsp3) is 0.200. The molecule has 148 valence electrons. The number of nitrogens with zero attached hydrogens (tertiary/aromatic N) is 4. The van der Waals surface area contributed by atoms with Crippen molar-refractivity contribution in [3.05, 3.63) is 66.0 Å². The van der Waals surface area contributed by atoms with Gasteiger partial charge in [-0.2, -0.15) is 5.10 Å². The summed E-state index contributed by atoms with van der Waals surface area (Å²) in [5.41, 5.74) is 4.36. The average molecular weight is 409 g/mol. The molecule has 1 aliphatic rings. The van der Waals surface area contributed by atoms with Crippen LogP contribution in [0.1, 0.15) is 30.5 Å². The van der Waals surface area contributed by atoms with Crippen LogP contribution in [0.15, 0.2) is 60.0 Å². The molecule has 4 rings (SSSR count). The molecule has 1 unspecified atom stereocenters. The van der Waals surface area contributed by atoms with E-state index in [0.29, 0.717) is 17.8 Å². The summed E-state index contributed by atoms with van der Waals surface area (Å²) in [6.45, 7) is 1.47. The van der Waals surface area contributed by atoms with Gasteiger partial charge in [0.25, 0.3) is 0 Å². The minimum absolute atomic E-state index is 0.172. The monoisotopic (exact) mass is 409 g/mol. The Morgan fingerprint density at radius 2 is 1.86 bits per heavy atom. The van der Waals surface area contributed by atoms with Gasteiger partial charge in [0.2, 0.25) is 15.9 Å². The van der Waals surface area contributed by atoms with Crippen molar-refractivity contribution in [2.24, 2.45) is 5.10 Å². The lowest BCUT2D eigenvalue weighted by Crippen LogP contribution is -2.24. The number of aromatic nitrogens is 2. The molecular weight excluding hydrogens is 390 g/mol. The van der Waals surface area contributed by atoms with Crippen molar-refractivity contribution in [3.63, 3.8) is 0 Å². The maximum absolute atomic E-state index is 12.2. The third kappa shape index (κ3) is 4.09. The van der Waals surface area contributed by atoms with Crippen LogP contribution < -0.4 is 4.72 Å². The van der Waals surface area contributed by atoms with Gasteiger partial charge >= 0.3 is 0 Å². The smallest absolute Gasteiger partial charge is 0.240 e. The van der Waals surface area contributed by atoms with E-state index in [9.17, 15) is 13.2 Å². The van der Waals surface area contributed by atoms with E-state index < -0.39 is 10.0 Å². The van der Waals surface area contributed by atoms with Crippen LogP contribution in [0, 0.1) is 0 Å². The molecule has 1 amide bonds. The van der Waals surface area contributed by atoms with Crippen LogP contribution >= 0.6 is 0 Å². The maximum atomic E-state index is 12.2. The summed E-state index contributed by atoms with van der Waals surface area (Å²) in [4.78, 5) is 20.8. The third-order valence-corrected chi connectivity index (χ3v) is 5.22. The number of carbonyl (C=O) groups is 1. The highest BCUT2D eigenvalue weighted by Gasteiger charge is 2.31. The van der Waals surface area contributed by atoms with Crippen LogP contribution in [0.3, 0.4) is 0 Å². The molecule has 29 heavy (non-hydrogen) atoms. The summed E-state index contributed by atoms with van der Waals surface area (Å²) < 4.78 is 25.5. The summed E-state index contributed by atoms with van der Waals surface area (Å²) in [7, 11) is -3.38. The van der Waals surface area contributed by atoms with E-state index >= 15 is 0 Å². The SMILES string of the molecule is CC(=O)N1N=C(c2cccc(NS(C)(=O)=O)c2)CC1c1ccc2nccnc2c1. The van der Waals surface area contributed by atoms with E-state index in [1.54, 1.807) is 30.6 Å². The molecule has 1 aromatic heterocycles. The van der Waals surface area contributed by atoms with E-state index in [4.69, 9.17) is 0 Å². The molecule has 9 heteroatoms. The first-order valence-electron chi connectivity index (χ1n) is 8.96. The molecule has 0 saturated carbocycles. The standard InChI is InChI=1S/C20H19N5O3S/c1-13(26)25-20(15-6-7-17-19(11-15)22-9-8-21-17)12-18(23-25)14-4-3-5-16(10-14)24-29(2,27)28/h3-11,20,24H,12H2,1-2H3. The normalized spacial score (nSPS) is 16.7. The van der Waals surface area contributed by atoms with Crippen molar-refractivity contribution in [1.82, 2.24) is 15.0 Å². The molecule has 1 atom stereocenters. The van der Waals surface area contributed by atoms with Gasteiger partial charge in [0.1, 0.15) is 0 Å². The number of hydrazone groups is 1. The quantitative estimate of drug-likeness (QED) is 0.713. The van der Waals surface area contributed by atoms with Crippen molar-refractivity contribution in [2.45, 2.75) is 19.4 Å². The van der Waals surface area contributed by atoms with E-state index in [-0.39, 0.29) is 11.9 Å². The molecule has 0 bridgehead atoms. The predicted octanol–water partition coefficient (Wildman–Crippen LogP) is 2.70. The van der Waals surface area contributed by atoms with Gasteiger partial charge in [0.05, 0.1) is 29.0 Å². The molecule has 2 aromatic carbocycles. The summed E-state index contributed by atoms with van der Waals surface area (Å²) >= 11 is 0. The Morgan fingerprint density at radius 1 is 1.10 bits per heavy atom. The highest BCUT2D eigenvalue weighted by atomic mass is 32.2. The molecule has 1 N–H and O–H groups in total. The highest BCUT2D eigenvalue weighted by Crippen LogP contribution is 2.34. The van der Waals surface area contributed by atoms with Gasteiger partial charge in [-0.05, 0) is 35.4 Å². The molecule has 0 radical (unpaired) electrons. The Bertz CT molecular complexity index is 1240. The Balaban J connectivity index is 1.68. The molecule has 1 aliphatic heterocycles. The van der Waals surface area contributed by atoms with Gasteiger partial charge in [-0.15, -0.1) is 0 Å². The topological polar surface area (TPSA) is 105 Å². The third-order valence-electron chi connectivity index (χ3n) is 4.61. The van der Waals surface area contributed by atoms with Crippen LogP contribution in [0.2, 0.25) is 0 Å². The van der Waals surface area contributed by atoms with Crippen LogP contribution in [0.25, 0.3) is 11.0 Å². The van der Waals surface area contributed by atoms with Gasteiger partial charge in [-0.3, -0.25) is 19.5 Å². The lowest BCUT2D eigenvalue weighted by molar-refractivity contribution is -0.130. The molecule has 2 heterocycles. The van der Waals surface area contributed by atoms with Crippen LogP contribution in [-0.4, -0.2) is 41.3 Å². The van der Waals surface area contributed by atoms with Crippen molar-refractivity contribution < 1.29 is 13.2 Å². The Labute approximate surface area is 168 Å². The Hall–Kier alpha value is -3.33. The number of hydrogen-bond donors (Lipinski definition) is 1. The fourth-order valence-electron chi connectivity index (χ4n) is 3.40. The van der Waals surface area contributed by atoms with Gasteiger partial charge in [0.15, 0.2) is 0 Å². The van der Waals surface area contributed by atoms with Gasteiger partial charge < -0.3 is 0 Å². The highest BCUT2D eigenvalue weighted by molar-refractivity contribution is 7.92. The minimum atomic E-state index is -3.38. The van der Waals surface area contributed by atoms with E-state index in [0.717, 1.165) is 28.4 Å². The fourth-order valence-corrected chi connectivity index (χ4v) is 3.95. The number of sulfonamides is 1. The van der Waals surface area contributed by atoms with Crippen molar-refractivity contribution >= 4 is 38.4 Å². The molecule has 3 aromatic rings. The predicted molar refractivity (Wildman–Crippen MR) is 111 cm³/mol. The van der Waals surface area contributed by atoms with Crippen LogP contribution in [-0.2, 0) is 14.8 Å². The molecule has 8 nitrogen and oxygen atoms in total. The molecular formula is C20H19N5O3S. The molecule has 0 aliphatic carbocycles. The second kappa shape index (κ2) is 7.25. The lowest BCUT2D eigenvalue weighted by atomic mass is 9.98. The van der Waals surface area contributed by atoms with Gasteiger partial charge in [0, 0.05) is 31.4 Å². The summed E-state index contributed by atoms with van der Waals surface area (Å²) in [6, 6.07) is 12.4. The second-order valence-electron chi connectivity index (χ2n) is 6.89. The number of amides is 1. The number of hydrogen-bond acceptors (Lipinski definition) is 6. The van der Waals surface area contributed by atoms with Crippen molar-refractivity contribution in [3.8, 4) is 0 Å². The average Bonchev–Trinajstić information content (AvgIpc) is 3.12. The summed E-state index contributed by atoms with van der Waals surface area (Å²) in [5, 5.41) is 5.98. The minimum Gasteiger partial charge on any atom is -0.284 e. The molecule has 0 fully saturated rings. The van der Waals surface area contributed by atoms with Crippen LogP contribution in [0.4, 0.5) is 5.69 Å². The maximum Gasteiger partial charge on any atom is 0.240 e. The number of benzene rings is 2. The van der Waals surface area contributed by atoms with Gasteiger partial charge in [-0.1, -0.05) is 18.2 Å². The number of fused-ring (bicyclic) bond motifs is 1. The zero-order chi connectivity index (χ0) is 20.6. The van der Waals surface area contributed by atoms with Crippen molar-refractivity contribution in [2.75, 3.05) is 11.0 Å². The van der Waals surface area contributed by atoms with Crippen molar-refractivity contribution in [1.29, 1.82) is 0 Å². The first-order chi connectivity index (χ1) is 13.8. The van der Waals surface area contributed by atoms with E-state index in [1.165, 1.54) is 11.9 Å². The number of anilines is 1. The Morgan fingerprint density at radius 3 is 2.59 bits per heavy atom. The molecule has 0 saturated heterocycles. The number of rotatable bonds is 4. The zero-order valence-corrected chi connectivity index (χ0v) is 16.7. The first-order valence-corrected chi connectivity index (χ1v) is 10.9. The summed E-state index contributed by atoms with van der Waals surface area (Å²) in [5.74, 6) is -0.172. The largest absolute Gasteiger partial charge is 0.284 e. The Kier molecular flexibility index (Phi) is 4.75. The lowest BCUT2D eigenvalue weighted by Gasteiger charge is -2.20. The second-order valence-corrected chi connectivity index (χ2v) is 8.64. The van der Waals surface area contributed by atoms with Gasteiger partial charge in [-0.25, -0.2) is 13.4 Å². The zero-order valence-electron chi connectivity index (χ0n) is 15.9. The summed E-state index contributed by atoms with van der Waals surface area (Å²) in [6.07, 6.45) is 4.88. The number of nitrogens with one attached hydrogen (secondary N) is 1. The van der Waals surface area contributed by atoms with E-state index in [2.05, 4.69) is 19.8 Å². The molecule has 0 spiro atoms. The van der Waals surface area contributed by atoms with Crippen LogP contribution in [0.5, 0.6) is 0 Å².